The molecule has 0 bridgehead atoms. The smallest absolute Gasteiger partial charge is 0.243 e. The van der Waals surface area contributed by atoms with Crippen LogP contribution in [0.1, 0.15) is 19.8 Å². The van der Waals surface area contributed by atoms with Crippen molar-refractivity contribution < 1.29 is 12.8 Å². The fourth-order valence-corrected chi connectivity index (χ4v) is 4.41. The zero-order valence-electron chi connectivity index (χ0n) is 11.3. The Bertz CT molecular complexity index is 574. The van der Waals surface area contributed by atoms with Gasteiger partial charge in [0.15, 0.2) is 0 Å². The van der Waals surface area contributed by atoms with Gasteiger partial charge in [-0.15, -0.1) is 0 Å². The maximum Gasteiger partial charge on any atom is 0.243 e. The van der Waals surface area contributed by atoms with Crippen LogP contribution in [-0.4, -0.2) is 38.4 Å². The second-order valence-corrected chi connectivity index (χ2v) is 7.08. The summed E-state index contributed by atoms with van der Waals surface area (Å²) in [7, 11) is -3.65. The average molecular weight is 321 g/mol. The monoisotopic (exact) mass is 320 g/mol. The molecule has 1 aliphatic heterocycles. The Balaban J connectivity index is 2.32. The van der Waals surface area contributed by atoms with E-state index in [0.29, 0.717) is 13.1 Å². The number of likely N-dealkylation sites (N-methyl/N-ethyl adjacent to an activating group) is 1. The van der Waals surface area contributed by atoms with E-state index in [9.17, 15) is 12.8 Å². The molecule has 2 rings (SSSR count). The summed E-state index contributed by atoms with van der Waals surface area (Å²) in [5, 5.41) is 3.02. The predicted octanol–water partition coefficient (Wildman–Crippen LogP) is 2.24. The molecule has 20 heavy (non-hydrogen) atoms. The van der Waals surface area contributed by atoms with Crippen LogP contribution in [0.4, 0.5) is 4.39 Å². The topological polar surface area (TPSA) is 49.4 Å². The van der Waals surface area contributed by atoms with E-state index in [1.54, 1.807) is 6.92 Å². The van der Waals surface area contributed by atoms with E-state index >= 15 is 0 Å². The van der Waals surface area contributed by atoms with Gasteiger partial charge in [0.1, 0.15) is 5.82 Å². The lowest BCUT2D eigenvalue weighted by Crippen LogP contribution is -2.48. The van der Waals surface area contributed by atoms with Crippen LogP contribution in [0.15, 0.2) is 23.1 Å². The van der Waals surface area contributed by atoms with Crippen molar-refractivity contribution in [2.45, 2.75) is 30.7 Å². The highest BCUT2D eigenvalue weighted by atomic mass is 35.5. The van der Waals surface area contributed by atoms with Crippen LogP contribution < -0.4 is 5.32 Å². The summed E-state index contributed by atoms with van der Waals surface area (Å²) in [6.45, 7) is 3.74. The Kier molecular flexibility index (Phi) is 5.01. The summed E-state index contributed by atoms with van der Waals surface area (Å²) >= 11 is 5.68. The van der Waals surface area contributed by atoms with Gasteiger partial charge in [0.2, 0.25) is 10.0 Å². The number of nitrogens with zero attached hydrogens (tertiary/aromatic N) is 1. The maximum absolute atomic E-state index is 13.2. The summed E-state index contributed by atoms with van der Waals surface area (Å²) in [5.74, 6) is -0.618. The van der Waals surface area contributed by atoms with Crippen LogP contribution in [0.2, 0.25) is 5.02 Å². The fraction of sp³-hybridized carbons (Fsp3) is 0.538. The van der Waals surface area contributed by atoms with E-state index in [0.717, 1.165) is 25.5 Å². The number of hydrogen-bond acceptors (Lipinski definition) is 3. The average Bonchev–Trinajstić information content (AvgIpc) is 2.43. The number of rotatable bonds is 4. The zero-order valence-corrected chi connectivity index (χ0v) is 12.8. The van der Waals surface area contributed by atoms with E-state index < -0.39 is 15.8 Å². The van der Waals surface area contributed by atoms with Crippen LogP contribution >= 0.6 is 11.6 Å². The first kappa shape index (κ1) is 15.7. The molecule has 1 atom stereocenters. The normalized spacial score (nSPS) is 20.3. The van der Waals surface area contributed by atoms with Crippen molar-refractivity contribution in [2.24, 2.45) is 0 Å². The fourth-order valence-electron chi connectivity index (χ4n) is 2.48. The van der Waals surface area contributed by atoms with Gasteiger partial charge in [-0.1, -0.05) is 18.5 Å². The van der Waals surface area contributed by atoms with E-state index in [1.165, 1.54) is 16.4 Å². The zero-order chi connectivity index (χ0) is 14.8. The summed E-state index contributed by atoms with van der Waals surface area (Å²) < 4.78 is 39.9. The van der Waals surface area contributed by atoms with Crippen LogP contribution in [0.5, 0.6) is 0 Å². The van der Waals surface area contributed by atoms with Crippen LogP contribution in [0.25, 0.3) is 0 Å². The lowest BCUT2D eigenvalue weighted by molar-refractivity contribution is 0.274. The third-order valence-corrected chi connectivity index (χ3v) is 5.80. The quantitative estimate of drug-likeness (QED) is 0.925. The van der Waals surface area contributed by atoms with Crippen LogP contribution in [-0.2, 0) is 10.0 Å². The Hall–Kier alpha value is -0.690. The largest absolute Gasteiger partial charge is 0.315 e. The molecule has 1 aliphatic rings. The minimum Gasteiger partial charge on any atom is -0.315 e. The second kappa shape index (κ2) is 6.39. The molecule has 4 nitrogen and oxygen atoms in total. The van der Waals surface area contributed by atoms with Crippen molar-refractivity contribution >= 4 is 21.6 Å². The Morgan fingerprint density at radius 1 is 1.50 bits per heavy atom. The first-order valence-electron chi connectivity index (χ1n) is 6.64. The van der Waals surface area contributed by atoms with Gasteiger partial charge in [0.25, 0.3) is 0 Å². The number of sulfonamides is 1. The first-order chi connectivity index (χ1) is 9.46. The third-order valence-electron chi connectivity index (χ3n) is 3.49. The van der Waals surface area contributed by atoms with Crippen molar-refractivity contribution in [3.8, 4) is 0 Å². The summed E-state index contributed by atoms with van der Waals surface area (Å²) in [6.07, 6.45) is 1.77. The molecule has 1 aromatic carbocycles. The highest BCUT2D eigenvalue weighted by Gasteiger charge is 2.31. The molecule has 1 heterocycles. The Morgan fingerprint density at radius 3 is 2.80 bits per heavy atom. The van der Waals surface area contributed by atoms with Gasteiger partial charge in [-0.05, 0) is 37.6 Å². The number of halogens is 2. The molecular weight excluding hydrogens is 303 g/mol. The van der Waals surface area contributed by atoms with Crippen molar-refractivity contribution in [2.75, 3.05) is 19.6 Å². The molecule has 0 aliphatic carbocycles. The minimum absolute atomic E-state index is 0.0383. The molecular formula is C13H18ClFN2O2S. The van der Waals surface area contributed by atoms with Gasteiger partial charge in [0, 0.05) is 19.1 Å². The third kappa shape index (κ3) is 3.14. The molecule has 112 valence electrons. The van der Waals surface area contributed by atoms with Gasteiger partial charge in [-0.3, -0.25) is 0 Å². The minimum atomic E-state index is -3.65. The van der Waals surface area contributed by atoms with Gasteiger partial charge in [-0.2, -0.15) is 4.31 Å². The molecule has 0 aromatic heterocycles. The lowest BCUT2D eigenvalue weighted by Gasteiger charge is -2.33. The SMILES string of the molecule is CCN(C1CCCNC1)S(=O)(=O)c1ccc(F)c(Cl)c1. The summed E-state index contributed by atoms with van der Waals surface area (Å²) in [6, 6.07) is 3.45. The van der Waals surface area contributed by atoms with Crippen molar-refractivity contribution in [1.82, 2.24) is 9.62 Å². The van der Waals surface area contributed by atoms with Crippen LogP contribution in [0.3, 0.4) is 0 Å². The summed E-state index contributed by atoms with van der Waals surface area (Å²) in [5.41, 5.74) is 0. The van der Waals surface area contributed by atoms with E-state index in [2.05, 4.69) is 5.32 Å². The van der Waals surface area contributed by atoms with E-state index in [-0.39, 0.29) is 16.0 Å². The Morgan fingerprint density at radius 2 is 2.25 bits per heavy atom. The van der Waals surface area contributed by atoms with Gasteiger partial charge in [-0.25, -0.2) is 12.8 Å². The highest BCUT2D eigenvalue weighted by molar-refractivity contribution is 7.89. The van der Waals surface area contributed by atoms with Gasteiger partial charge >= 0.3 is 0 Å². The summed E-state index contributed by atoms with van der Waals surface area (Å²) in [4.78, 5) is 0.0383. The van der Waals surface area contributed by atoms with Crippen molar-refractivity contribution in [3.63, 3.8) is 0 Å². The molecule has 1 N–H and O–H groups in total. The molecule has 1 saturated heterocycles. The number of nitrogens with one attached hydrogen (secondary N) is 1. The van der Waals surface area contributed by atoms with E-state index in [4.69, 9.17) is 11.6 Å². The van der Waals surface area contributed by atoms with E-state index in [1.807, 2.05) is 0 Å². The highest BCUT2D eigenvalue weighted by Crippen LogP contribution is 2.25. The van der Waals surface area contributed by atoms with Crippen LogP contribution in [0, 0.1) is 5.82 Å². The molecule has 7 heteroatoms. The molecule has 1 aromatic rings. The van der Waals surface area contributed by atoms with Crippen molar-refractivity contribution in [3.05, 3.63) is 29.0 Å². The number of hydrogen-bond donors (Lipinski definition) is 1. The predicted molar refractivity (Wildman–Crippen MR) is 76.9 cm³/mol. The second-order valence-electron chi connectivity index (χ2n) is 4.78. The molecule has 1 fully saturated rings. The molecule has 0 amide bonds. The van der Waals surface area contributed by atoms with Gasteiger partial charge in [0.05, 0.1) is 9.92 Å². The number of benzene rings is 1. The Labute approximate surface area is 124 Å². The molecule has 0 spiro atoms. The standard InChI is InChI=1S/C13H18ClFN2O2S/c1-2-17(10-4-3-7-16-9-10)20(18,19)11-5-6-13(15)12(14)8-11/h5-6,8,10,16H,2-4,7,9H2,1H3. The molecule has 1 unspecified atom stereocenters. The number of piperidine rings is 1. The molecule has 0 radical (unpaired) electrons. The van der Waals surface area contributed by atoms with Crippen molar-refractivity contribution in [1.29, 1.82) is 0 Å². The first-order valence-corrected chi connectivity index (χ1v) is 8.46. The lowest BCUT2D eigenvalue weighted by atomic mass is 10.1. The molecule has 0 saturated carbocycles. The maximum atomic E-state index is 13.2. The van der Waals surface area contributed by atoms with Gasteiger partial charge < -0.3 is 5.32 Å².